The maximum Gasteiger partial charge on any atom is 0.250 e. The van der Waals surface area contributed by atoms with Crippen LogP contribution in [0.1, 0.15) is 22.9 Å². The summed E-state index contributed by atoms with van der Waals surface area (Å²) in [5.41, 5.74) is 0.853. The van der Waals surface area contributed by atoms with Crippen molar-refractivity contribution >= 4 is 21.4 Å². The molecule has 2 aromatic rings. The molecule has 112 valence electrons. The van der Waals surface area contributed by atoms with Crippen molar-refractivity contribution in [3.8, 4) is 5.75 Å². The minimum atomic E-state index is -3.59. The molecule has 2 heterocycles. The smallest absolute Gasteiger partial charge is 0.250 e. The topological polar surface area (TPSA) is 75.6 Å². The van der Waals surface area contributed by atoms with Crippen LogP contribution in [0.15, 0.2) is 40.6 Å². The van der Waals surface area contributed by atoms with Crippen LogP contribution in [0.3, 0.4) is 0 Å². The number of hydrogen-bond acceptors (Lipinski definition) is 5. The molecule has 7 heteroatoms. The molecule has 1 atom stereocenters. The SMILES string of the molecule is O=S(=O)(NC1CCOc2ccccc21)c1ccc(CO)s1. The Morgan fingerprint density at radius 1 is 1.29 bits per heavy atom. The number of sulfonamides is 1. The Hall–Kier alpha value is -1.41. The highest BCUT2D eigenvalue weighted by molar-refractivity contribution is 7.91. The lowest BCUT2D eigenvalue weighted by Gasteiger charge is -2.26. The van der Waals surface area contributed by atoms with E-state index in [1.54, 1.807) is 6.07 Å². The first kappa shape index (κ1) is 14.5. The van der Waals surface area contributed by atoms with Crippen LogP contribution in [-0.4, -0.2) is 20.1 Å². The van der Waals surface area contributed by atoms with Crippen LogP contribution in [0.2, 0.25) is 0 Å². The Balaban J connectivity index is 1.86. The van der Waals surface area contributed by atoms with Gasteiger partial charge in [-0.2, -0.15) is 0 Å². The normalized spacial score (nSPS) is 18.0. The third kappa shape index (κ3) is 2.96. The molecule has 1 aromatic carbocycles. The van der Waals surface area contributed by atoms with Gasteiger partial charge in [-0.15, -0.1) is 11.3 Å². The summed E-state index contributed by atoms with van der Waals surface area (Å²) in [4.78, 5) is 0.628. The molecule has 3 rings (SSSR count). The second-order valence-electron chi connectivity index (χ2n) is 4.73. The van der Waals surface area contributed by atoms with Crippen molar-refractivity contribution in [1.29, 1.82) is 0 Å². The third-order valence-electron chi connectivity index (χ3n) is 3.31. The van der Waals surface area contributed by atoms with Crippen LogP contribution in [0.5, 0.6) is 5.75 Å². The highest BCUT2D eigenvalue weighted by Gasteiger charge is 2.27. The van der Waals surface area contributed by atoms with Crippen molar-refractivity contribution in [2.75, 3.05) is 6.61 Å². The molecule has 1 aliphatic heterocycles. The summed E-state index contributed by atoms with van der Waals surface area (Å²) >= 11 is 1.08. The Morgan fingerprint density at radius 3 is 2.86 bits per heavy atom. The summed E-state index contributed by atoms with van der Waals surface area (Å²) < 4.78 is 33.3. The first-order valence-corrected chi connectivity index (χ1v) is 8.84. The summed E-state index contributed by atoms with van der Waals surface area (Å²) in [5.74, 6) is 0.721. The molecule has 1 aromatic heterocycles. The molecule has 0 saturated heterocycles. The number of fused-ring (bicyclic) bond motifs is 1. The molecule has 2 N–H and O–H groups in total. The number of aliphatic hydroxyl groups excluding tert-OH is 1. The fourth-order valence-corrected chi connectivity index (χ4v) is 4.78. The second-order valence-corrected chi connectivity index (χ2v) is 7.84. The van der Waals surface area contributed by atoms with E-state index in [1.807, 2.05) is 24.3 Å². The molecular weight excluding hydrogens is 310 g/mol. The van der Waals surface area contributed by atoms with Crippen molar-refractivity contribution in [3.05, 3.63) is 46.8 Å². The monoisotopic (exact) mass is 325 g/mol. The molecule has 0 radical (unpaired) electrons. The van der Waals surface area contributed by atoms with Gasteiger partial charge in [-0.25, -0.2) is 13.1 Å². The Morgan fingerprint density at radius 2 is 2.10 bits per heavy atom. The zero-order valence-corrected chi connectivity index (χ0v) is 12.8. The first-order chi connectivity index (χ1) is 10.1. The summed E-state index contributed by atoms with van der Waals surface area (Å²) in [6, 6.07) is 10.3. The Kier molecular flexibility index (Phi) is 3.99. The molecule has 5 nitrogen and oxygen atoms in total. The predicted octanol–water partition coefficient (Wildman–Crippen LogP) is 2.04. The van der Waals surface area contributed by atoms with Gasteiger partial charge >= 0.3 is 0 Å². The number of para-hydroxylation sites is 1. The van der Waals surface area contributed by atoms with E-state index in [1.165, 1.54) is 6.07 Å². The van der Waals surface area contributed by atoms with E-state index in [9.17, 15) is 8.42 Å². The Bertz CT molecular complexity index is 739. The van der Waals surface area contributed by atoms with Crippen LogP contribution >= 0.6 is 11.3 Å². The van der Waals surface area contributed by atoms with E-state index in [4.69, 9.17) is 9.84 Å². The average Bonchev–Trinajstić information content (AvgIpc) is 2.97. The second kappa shape index (κ2) is 5.76. The molecule has 0 aliphatic carbocycles. The van der Waals surface area contributed by atoms with Crippen molar-refractivity contribution in [2.45, 2.75) is 23.3 Å². The number of rotatable bonds is 4. The predicted molar refractivity (Wildman–Crippen MR) is 79.9 cm³/mol. The molecular formula is C14H15NO4S2. The van der Waals surface area contributed by atoms with Crippen molar-refractivity contribution < 1.29 is 18.3 Å². The van der Waals surface area contributed by atoms with Crippen LogP contribution in [0, 0.1) is 0 Å². The number of ether oxygens (including phenoxy) is 1. The highest BCUT2D eigenvalue weighted by Crippen LogP contribution is 2.33. The summed E-state index contributed by atoms with van der Waals surface area (Å²) in [6.07, 6.45) is 0.592. The lowest BCUT2D eigenvalue weighted by atomic mass is 10.0. The van der Waals surface area contributed by atoms with Crippen LogP contribution in [-0.2, 0) is 16.6 Å². The number of thiophene rings is 1. The molecule has 21 heavy (non-hydrogen) atoms. The van der Waals surface area contributed by atoms with Gasteiger partial charge in [0.05, 0.1) is 19.3 Å². The van der Waals surface area contributed by atoms with Gasteiger partial charge in [-0.05, 0) is 18.2 Å². The fourth-order valence-electron chi connectivity index (χ4n) is 2.30. The standard InChI is InChI=1S/C14H15NO4S2/c16-9-10-5-6-14(20-10)21(17,18)15-12-7-8-19-13-4-2-1-3-11(12)13/h1-6,12,15-16H,7-9H2. The van der Waals surface area contributed by atoms with E-state index < -0.39 is 10.0 Å². The third-order valence-corrected chi connectivity index (χ3v) is 6.35. The summed E-state index contributed by atoms with van der Waals surface area (Å²) in [7, 11) is -3.59. The summed E-state index contributed by atoms with van der Waals surface area (Å²) in [5, 5.41) is 9.05. The Labute approximate surface area is 127 Å². The van der Waals surface area contributed by atoms with E-state index in [0.717, 1.165) is 22.6 Å². The van der Waals surface area contributed by atoms with E-state index in [-0.39, 0.29) is 16.9 Å². The van der Waals surface area contributed by atoms with Crippen molar-refractivity contribution in [2.24, 2.45) is 0 Å². The molecule has 0 saturated carbocycles. The van der Waals surface area contributed by atoms with Gasteiger partial charge in [0, 0.05) is 16.9 Å². The number of aliphatic hydroxyl groups is 1. The van der Waals surface area contributed by atoms with Crippen LogP contribution in [0.25, 0.3) is 0 Å². The van der Waals surface area contributed by atoms with E-state index in [0.29, 0.717) is 17.9 Å². The minimum Gasteiger partial charge on any atom is -0.493 e. The zero-order chi connectivity index (χ0) is 14.9. The molecule has 1 unspecified atom stereocenters. The van der Waals surface area contributed by atoms with Gasteiger partial charge in [0.1, 0.15) is 9.96 Å². The van der Waals surface area contributed by atoms with Crippen LogP contribution in [0.4, 0.5) is 0 Å². The van der Waals surface area contributed by atoms with Gasteiger partial charge in [-0.3, -0.25) is 0 Å². The molecule has 0 fully saturated rings. The lowest BCUT2D eigenvalue weighted by Crippen LogP contribution is -2.31. The zero-order valence-electron chi connectivity index (χ0n) is 11.2. The van der Waals surface area contributed by atoms with Crippen molar-refractivity contribution in [3.63, 3.8) is 0 Å². The van der Waals surface area contributed by atoms with Crippen LogP contribution < -0.4 is 9.46 Å². The quantitative estimate of drug-likeness (QED) is 0.902. The van der Waals surface area contributed by atoms with Gasteiger partial charge in [0.2, 0.25) is 0 Å². The minimum absolute atomic E-state index is 0.152. The maximum absolute atomic E-state index is 12.4. The lowest BCUT2D eigenvalue weighted by molar-refractivity contribution is 0.263. The maximum atomic E-state index is 12.4. The highest BCUT2D eigenvalue weighted by atomic mass is 32.2. The molecule has 0 spiro atoms. The first-order valence-electron chi connectivity index (χ1n) is 6.54. The van der Waals surface area contributed by atoms with Gasteiger partial charge in [0.25, 0.3) is 10.0 Å². The van der Waals surface area contributed by atoms with Gasteiger partial charge < -0.3 is 9.84 Å². The molecule has 1 aliphatic rings. The average molecular weight is 325 g/mol. The van der Waals surface area contributed by atoms with Gasteiger partial charge in [0.15, 0.2) is 0 Å². The van der Waals surface area contributed by atoms with E-state index >= 15 is 0 Å². The summed E-state index contributed by atoms with van der Waals surface area (Å²) in [6.45, 7) is 0.330. The molecule has 0 amide bonds. The number of hydrogen-bond donors (Lipinski definition) is 2. The molecule has 0 bridgehead atoms. The number of benzene rings is 1. The number of nitrogens with one attached hydrogen (secondary N) is 1. The van der Waals surface area contributed by atoms with Gasteiger partial charge in [-0.1, -0.05) is 18.2 Å². The van der Waals surface area contributed by atoms with Crippen molar-refractivity contribution in [1.82, 2.24) is 4.72 Å². The largest absolute Gasteiger partial charge is 0.493 e. The van der Waals surface area contributed by atoms with E-state index in [2.05, 4.69) is 4.72 Å². The fraction of sp³-hybridized carbons (Fsp3) is 0.286.